The van der Waals surface area contributed by atoms with Gasteiger partial charge < -0.3 is 15.2 Å². The fourth-order valence-electron chi connectivity index (χ4n) is 3.27. The Morgan fingerprint density at radius 1 is 1.23 bits per heavy atom. The van der Waals surface area contributed by atoms with E-state index in [2.05, 4.69) is 60.0 Å². The standard InChI is InChI=1S/C20H38N6/c1-6-21-19(23-16(2)11-13-20(3,4)5)22-14-12-18-25-24-17-10-8-7-9-15-26(17)18/h16H,6-15H2,1-5H3,(H2,21,22,23). The molecule has 0 saturated carbocycles. The van der Waals surface area contributed by atoms with Crippen LogP contribution in [0.3, 0.4) is 0 Å². The molecule has 2 rings (SSSR count). The average Bonchev–Trinajstić information content (AvgIpc) is 2.79. The summed E-state index contributed by atoms with van der Waals surface area (Å²) in [4.78, 5) is 4.76. The number of guanidine groups is 1. The Labute approximate surface area is 159 Å². The number of nitrogens with one attached hydrogen (secondary N) is 2. The average molecular weight is 363 g/mol. The van der Waals surface area contributed by atoms with Gasteiger partial charge in [0, 0.05) is 38.5 Å². The van der Waals surface area contributed by atoms with Crippen LogP contribution in [0.4, 0.5) is 0 Å². The topological polar surface area (TPSA) is 67.1 Å². The number of aliphatic imine (C=N–C) groups is 1. The Morgan fingerprint density at radius 2 is 2.04 bits per heavy atom. The second-order valence-corrected chi connectivity index (χ2v) is 8.65. The molecule has 148 valence electrons. The summed E-state index contributed by atoms with van der Waals surface area (Å²) in [5.41, 5.74) is 0.372. The highest BCUT2D eigenvalue weighted by Crippen LogP contribution is 2.21. The summed E-state index contributed by atoms with van der Waals surface area (Å²) in [6, 6.07) is 0.413. The van der Waals surface area contributed by atoms with Gasteiger partial charge >= 0.3 is 0 Å². The molecule has 1 aromatic rings. The van der Waals surface area contributed by atoms with Crippen LogP contribution in [0.15, 0.2) is 4.99 Å². The molecule has 1 aliphatic rings. The molecule has 6 nitrogen and oxygen atoms in total. The molecule has 0 spiro atoms. The van der Waals surface area contributed by atoms with Gasteiger partial charge in [-0.2, -0.15) is 0 Å². The van der Waals surface area contributed by atoms with Crippen molar-refractivity contribution in [2.45, 2.75) is 92.2 Å². The van der Waals surface area contributed by atoms with Crippen LogP contribution in [0.1, 0.15) is 78.4 Å². The maximum Gasteiger partial charge on any atom is 0.191 e. The summed E-state index contributed by atoms with van der Waals surface area (Å²) < 4.78 is 2.31. The molecule has 0 amide bonds. The van der Waals surface area contributed by atoms with E-state index in [-0.39, 0.29) is 0 Å². The first-order valence-corrected chi connectivity index (χ1v) is 10.3. The van der Waals surface area contributed by atoms with Crippen LogP contribution in [-0.2, 0) is 19.4 Å². The van der Waals surface area contributed by atoms with Crippen molar-refractivity contribution in [3.8, 4) is 0 Å². The van der Waals surface area contributed by atoms with Gasteiger partial charge in [-0.05, 0) is 44.9 Å². The third kappa shape index (κ3) is 6.96. The maximum atomic E-state index is 4.76. The van der Waals surface area contributed by atoms with Crippen molar-refractivity contribution in [1.29, 1.82) is 0 Å². The molecule has 0 fully saturated rings. The number of hydrogen-bond acceptors (Lipinski definition) is 3. The highest BCUT2D eigenvalue weighted by Gasteiger charge is 2.15. The second-order valence-electron chi connectivity index (χ2n) is 8.65. The first-order valence-electron chi connectivity index (χ1n) is 10.3. The molecule has 26 heavy (non-hydrogen) atoms. The highest BCUT2D eigenvalue weighted by molar-refractivity contribution is 5.80. The summed E-state index contributed by atoms with van der Waals surface area (Å²) in [6.07, 6.45) is 8.01. The third-order valence-corrected chi connectivity index (χ3v) is 4.85. The molecule has 2 heterocycles. The van der Waals surface area contributed by atoms with E-state index in [1.807, 2.05) is 0 Å². The van der Waals surface area contributed by atoms with E-state index in [0.717, 1.165) is 56.5 Å². The Kier molecular flexibility index (Phi) is 7.91. The molecule has 0 aromatic carbocycles. The quantitative estimate of drug-likeness (QED) is 0.577. The molecule has 0 bridgehead atoms. The Morgan fingerprint density at radius 3 is 2.77 bits per heavy atom. The Bertz CT molecular complexity index is 569. The lowest BCUT2D eigenvalue weighted by molar-refractivity contribution is 0.346. The number of fused-ring (bicyclic) bond motifs is 1. The van der Waals surface area contributed by atoms with Crippen LogP contribution in [0.25, 0.3) is 0 Å². The van der Waals surface area contributed by atoms with E-state index in [1.54, 1.807) is 0 Å². The second kappa shape index (κ2) is 9.93. The van der Waals surface area contributed by atoms with Crippen molar-refractivity contribution in [2.75, 3.05) is 13.1 Å². The van der Waals surface area contributed by atoms with Crippen molar-refractivity contribution in [2.24, 2.45) is 10.4 Å². The highest BCUT2D eigenvalue weighted by atomic mass is 15.3. The van der Waals surface area contributed by atoms with E-state index >= 15 is 0 Å². The minimum absolute atomic E-state index is 0.372. The van der Waals surface area contributed by atoms with Crippen LogP contribution in [0, 0.1) is 5.41 Å². The van der Waals surface area contributed by atoms with Gasteiger partial charge in [-0.3, -0.25) is 4.99 Å². The van der Waals surface area contributed by atoms with Gasteiger partial charge in [0.05, 0.1) is 0 Å². The zero-order chi connectivity index (χ0) is 19.0. The SMILES string of the molecule is CCNC(=NCCc1nnc2n1CCCCC2)NC(C)CCC(C)(C)C. The van der Waals surface area contributed by atoms with E-state index in [1.165, 1.54) is 25.7 Å². The molecular formula is C20H38N6. The molecule has 1 atom stereocenters. The lowest BCUT2D eigenvalue weighted by Gasteiger charge is -2.23. The van der Waals surface area contributed by atoms with Crippen molar-refractivity contribution in [3.05, 3.63) is 11.6 Å². The lowest BCUT2D eigenvalue weighted by atomic mass is 9.89. The largest absolute Gasteiger partial charge is 0.357 e. The zero-order valence-electron chi connectivity index (χ0n) is 17.4. The number of hydrogen-bond donors (Lipinski definition) is 2. The van der Waals surface area contributed by atoms with Gasteiger partial charge in [-0.15, -0.1) is 10.2 Å². The third-order valence-electron chi connectivity index (χ3n) is 4.85. The summed E-state index contributed by atoms with van der Waals surface area (Å²) in [7, 11) is 0. The van der Waals surface area contributed by atoms with E-state index in [0.29, 0.717) is 11.5 Å². The van der Waals surface area contributed by atoms with Crippen molar-refractivity contribution in [3.63, 3.8) is 0 Å². The smallest absolute Gasteiger partial charge is 0.191 e. The van der Waals surface area contributed by atoms with Crippen LogP contribution in [-0.4, -0.2) is 39.9 Å². The first-order chi connectivity index (χ1) is 12.4. The lowest BCUT2D eigenvalue weighted by Crippen LogP contribution is -2.42. The minimum atomic E-state index is 0.372. The summed E-state index contributed by atoms with van der Waals surface area (Å²) in [5, 5.41) is 15.7. The number of aromatic nitrogens is 3. The van der Waals surface area contributed by atoms with E-state index < -0.39 is 0 Å². The molecular weight excluding hydrogens is 324 g/mol. The predicted molar refractivity (Wildman–Crippen MR) is 109 cm³/mol. The molecule has 6 heteroatoms. The van der Waals surface area contributed by atoms with Crippen molar-refractivity contribution in [1.82, 2.24) is 25.4 Å². The number of aryl methyl sites for hydroxylation is 1. The Balaban J connectivity index is 1.87. The molecule has 1 aromatic heterocycles. The van der Waals surface area contributed by atoms with Crippen LogP contribution >= 0.6 is 0 Å². The minimum Gasteiger partial charge on any atom is -0.357 e. The summed E-state index contributed by atoms with van der Waals surface area (Å²) >= 11 is 0. The molecule has 0 radical (unpaired) electrons. The zero-order valence-corrected chi connectivity index (χ0v) is 17.4. The maximum absolute atomic E-state index is 4.76. The van der Waals surface area contributed by atoms with Gasteiger partial charge in [0.2, 0.25) is 0 Å². The molecule has 0 aliphatic carbocycles. The van der Waals surface area contributed by atoms with Crippen molar-refractivity contribution >= 4 is 5.96 Å². The van der Waals surface area contributed by atoms with Gasteiger partial charge in [0.1, 0.15) is 11.6 Å². The van der Waals surface area contributed by atoms with Crippen LogP contribution in [0.5, 0.6) is 0 Å². The monoisotopic (exact) mass is 362 g/mol. The van der Waals surface area contributed by atoms with E-state index in [9.17, 15) is 0 Å². The van der Waals surface area contributed by atoms with Gasteiger partial charge in [-0.1, -0.05) is 27.2 Å². The fraction of sp³-hybridized carbons (Fsp3) is 0.850. The molecule has 1 unspecified atom stereocenters. The van der Waals surface area contributed by atoms with Crippen LogP contribution < -0.4 is 10.6 Å². The predicted octanol–water partition coefficient (Wildman–Crippen LogP) is 3.32. The summed E-state index contributed by atoms with van der Waals surface area (Å²) in [5.74, 6) is 3.15. The molecule has 1 aliphatic heterocycles. The molecule has 0 saturated heterocycles. The summed E-state index contributed by atoms with van der Waals surface area (Å²) in [6.45, 7) is 13.9. The van der Waals surface area contributed by atoms with Crippen LogP contribution in [0.2, 0.25) is 0 Å². The normalized spacial score (nSPS) is 16.7. The number of rotatable bonds is 7. The van der Waals surface area contributed by atoms with Gasteiger partial charge in [0.25, 0.3) is 0 Å². The van der Waals surface area contributed by atoms with Gasteiger partial charge in [0.15, 0.2) is 5.96 Å². The fourth-order valence-corrected chi connectivity index (χ4v) is 3.27. The first kappa shape index (κ1) is 20.7. The Hall–Kier alpha value is -1.59. The van der Waals surface area contributed by atoms with E-state index in [4.69, 9.17) is 4.99 Å². The molecule has 2 N–H and O–H groups in total. The number of nitrogens with zero attached hydrogens (tertiary/aromatic N) is 4. The van der Waals surface area contributed by atoms with Crippen molar-refractivity contribution < 1.29 is 0 Å². The van der Waals surface area contributed by atoms with Gasteiger partial charge in [-0.25, -0.2) is 0 Å².